The number of rotatable bonds is 8. The van der Waals surface area contributed by atoms with Gasteiger partial charge in [0.2, 0.25) is 6.36 Å². The van der Waals surface area contributed by atoms with Gasteiger partial charge in [0, 0.05) is 24.3 Å². The standard InChI is InChI=1S/C15H20F3NO2/c1-2-4-13(18)21-14(20)8-7-10(9-19)15-11(16)5-3-6-12(15)17/h3,5-6,10,13H,2,4,7-9,19H2,1H3. The minimum absolute atomic E-state index is 0.0147. The molecule has 0 bridgehead atoms. The zero-order valence-corrected chi connectivity index (χ0v) is 12.0. The molecule has 6 heteroatoms. The number of halogens is 3. The zero-order valence-electron chi connectivity index (χ0n) is 12.0. The molecule has 0 fully saturated rings. The first kappa shape index (κ1) is 17.5. The van der Waals surface area contributed by atoms with Gasteiger partial charge in [0.1, 0.15) is 11.6 Å². The number of hydrogen-bond acceptors (Lipinski definition) is 3. The van der Waals surface area contributed by atoms with Crippen molar-refractivity contribution in [3.05, 3.63) is 35.4 Å². The molecule has 0 saturated heterocycles. The minimum atomic E-state index is -1.64. The van der Waals surface area contributed by atoms with Gasteiger partial charge in [0.15, 0.2) is 0 Å². The fraction of sp³-hybridized carbons (Fsp3) is 0.533. The van der Waals surface area contributed by atoms with Gasteiger partial charge in [0.05, 0.1) is 0 Å². The number of hydrogen-bond donors (Lipinski definition) is 1. The molecule has 0 aromatic heterocycles. The molecule has 0 aliphatic rings. The van der Waals surface area contributed by atoms with Crippen LogP contribution in [0.3, 0.4) is 0 Å². The Hall–Kier alpha value is -1.56. The lowest BCUT2D eigenvalue weighted by molar-refractivity contribution is -0.158. The van der Waals surface area contributed by atoms with E-state index in [-0.39, 0.29) is 31.4 Å². The third kappa shape index (κ3) is 5.38. The van der Waals surface area contributed by atoms with Gasteiger partial charge in [-0.25, -0.2) is 13.2 Å². The van der Waals surface area contributed by atoms with Crippen molar-refractivity contribution in [3.8, 4) is 0 Å². The lowest BCUT2D eigenvalue weighted by Crippen LogP contribution is -2.19. The molecule has 2 atom stereocenters. The van der Waals surface area contributed by atoms with E-state index in [2.05, 4.69) is 4.74 Å². The summed E-state index contributed by atoms with van der Waals surface area (Å²) in [6, 6.07) is 3.53. The van der Waals surface area contributed by atoms with Gasteiger partial charge in [-0.2, -0.15) is 0 Å². The lowest BCUT2D eigenvalue weighted by atomic mass is 9.93. The smallest absolute Gasteiger partial charge is 0.308 e. The molecule has 0 aliphatic heterocycles. The third-order valence-corrected chi connectivity index (χ3v) is 3.16. The number of nitrogens with two attached hydrogens (primary N) is 1. The number of ether oxygens (including phenoxy) is 1. The largest absolute Gasteiger partial charge is 0.431 e. The van der Waals surface area contributed by atoms with Crippen LogP contribution in [0.2, 0.25) is 0 Å². The molecular formula is C15H20F3NO2. The number of carbonyl (C=O) groups excluding carboxylic acids is 1. The fourth-order valence-electron chi connectivity index (χ4n) is 2.06. The molecule has 2 N–H and O–H groups in total. The van der Waals surface area contributed by atoms with Crippen molar-refractivity contribution < 1.29 is 22.7 Å². The molecule has 0 saturated carbocycles. The summed E-state index contributed by atoms with van der Waals surface area (Å²) in [6.07, 6.45) is -0.982. The van der Waals surface area contributed by atoms with Crippen LogP contribution in [0, 0.1) is 11.6 Å². The van der Waals surface area contributed by atoms with Crippen molar-refractivity contribution in [1.29, 1.82) is 0 Å². The average Bonchev–Trinajstić information content (AvgIpc) is 2.42. The second kappa shape index (κ2) is 8.67. The molecule has 3 nitrogen and oxygen atoms in total. The van der Waals surface area contributed by atoms with E-state index < -0.39 is 29.9 Å². The highest BCUT2D eigenvalue weighted by molar-refractivity contribution is 5.69. The molecule has 0 heterocycles. The molecule has 1 aromatic carbocycles. The summed E-state index contributed by atoms with van der Waals surface area (Å²) in [5.74, 6) is -2.78. The Morgan fingerprint density at radius 1 is 1.29 bits per heavy atom. The van der Waals surface area contributed by atoms with Gasteiger partial charge in [-0.05, 0) is 31.5 Å². The van der Waals surface area contributed by atoms with Gasteiger partial charge in [0.25, 0.3) is 0 Å². The zero-order chi connectivity index (χ0) is 15.8. The van der Waals surface area contributed by atoms with E-state index in [1.54, 1.807) is 6.92 Å². The fourth-order valence-corrected chi connectivity index (χ4v) is 2.06. The maximum Gasteiger partial charge on any atom is 0.308 e. The van der Waals surface area contributed by atoms with Crippen LogP contribution >= 0.6 is 0 Å². The van der Waals surface area contributed by atoms with Crippen LogP contribution in [-0.2, 0) is 9.53 Å². The summed E-state index contributed by atoms with van der Waals surface area (Å²) in [5, 5.41) is 0. The van der Waals surface area contributed by atoms with Crippen molar-refractivity contribution in [2.75, 3.05) is 6.54 Å². The quantitative estimate of drug-likeness (QED) is 0.749. The SMILES string of the molecule is CCCC(F)OC(=O)CCC(CN)c1c(F)cccc1F. The molecule has 21 heavy (non-hydrogen) atoms. The highest BCUT2D eigenvalue weighted by atomic mass is 19.1. The number of esters is 1. The molecular weight excluding hydrogens is 283 g/mol. The van der Waals surface area contributed by atoms with E-state index in [1.807, 2.05) is 0 Å². The first-order valence-corrected chi connectivity index (χ1v) is 6.97. The van der Waals surface area contributed by atoms with E-state index in [0.29, 0.717) is 6.42 Å². The van der Waals surface area contributed by atoms with Crippen molar-refractivity contribution >= 4 is 5.97 Å². The molecule has 118 valence electrons. The van der Waals surface area contributed by atoms with E-state index >= 15 is 0 Å². The van der Waals surface area contributed by atoms with Crippen LogP contribution in [0.25, 0.3) is 0 Å². The summed E-state index contributed by atoms with van der Waals surface area (Å²) in [7, 11) is 0. The second-order valence-electron chi connectivity index (χ2n) is 4.80. The first-order valence-electron chi connectivity index (χ1n) is 6.97. The highest BCUT2D eigenvalue weighted by Crippen LogP contribution is 2.26. The predicted octanol–water partition coefficient (Wildman–Crippen LogP) is 3.43. The van der Waals surface area contributed by atoms with Gasteiger partial charge in [-0.15, -0.1) is 0 Å². The Bertz CT molecular complexity index is 448. The first-order chi connectivity index (χ1) is 9.99. The molecule has 1 aromatic rings. The van der Waals surface area contributed by atoms with Crippen LogP contribution in [0.5, 0.6) is 0 Å². The average molecular weight is 303 g/mol. The van der Waals surface area contributed by atoms with Crippen LogP contribution in [0.15, 0.2) is 18.2 Å². The molecule has 0 radical (unpaired) electrons. The minimum Gasteiger partial charge on any atom is -0.431 e. The number of benzene rings is 1. The maximum absolute atomic E-state index is 13.7. The van der Waals surface area contributed by atoms with E-state index in [1.165, 1.54) is 6.07 Å². The van der Waals surface area contributed by atoms with Crippen molar-refractivity contribution in [2.24, 2.45) is 5.73 Å². The van der Waals surface area contributed by atoms with Gasteiger partial charge >= 0.3 is 5.97 Å². The molecule has 0 spiro atoms. The normalized spacial score (nSPS) is 13.8. The monoisotopic (exact) mass is 303 g/mol. The Morgan fingerprint density at radius 3 is 2.43 bits per heavy atom. The molecule has 0 amide bonds. The summed E-state index contributed by atoms with van der Waals surface area (Å²) in [4.78, 5) is 11.5. The Kier molecular flexibility index (Phi) is 7.22. The van der Waals surface area contributed by atoms with Crippen LogP contribution in [0.1, 0.15) is 44.1 Å². The Labute approximate surface area is 122 Å². The van der Waals surface area contributed by atoms with Crippen molar-refractivity contribution in [3.63, 3.8) is 0 Å². The number of alkyl halides is 1. The second-order valence-corrected chi connectivity index (χ2v) is 4.80. The maximum atomic E-state index is 13.7. The van der Waals surface area contributed by atoms with E-state index in [9.17, 15) is 18.0 Å². The van der Waals surface area contributed by atoms with Crippen LogP contribution < -0.4 is 5.73 Å². The summed E-state index contributed by atoms with van der Waals surface area (Å²) < 4.78 is 45.0. The molecule has 0 aliphatic carbocycles. The van der Waals surface area contributed by atoms with Gasteiger partial charge in [-0.1, -0.05) is 13.0 Å². The summed E-state index contributed by atoms with van der Waals surface area (Å²) in [6.45, 7) is 1.75. The van der Waals surface area contributed by atoms with Gasteiger partial charge < -0.3 is 10.5 Å². The summed E-state index contributed by atoms with van der Waals surface area (Å²) >= 11 is 0. The van der Waals surface area contributed by atoms with Crippen molar-refractivity contribution in [1.82, 2.24) is 0 Å². The number of carbonyl (C=O) groups is 1. The Balaban J connectivity index is 2.61. The summed E-state index contributed by atoms with van der Waals surface area (Å²) in [5.41, 5.74) is 5.38. The lowest BCUT2D eigenvalue weighted by Gasteiger charge is -2.17. The third-order valence-electron chi connectivity index (χ3n) is 3.16. The highest BCUT2D eigenvalue weighted by Gasteiger charge is 2.21. The van der Waals surface area contributed by atoms with Crippen LogP contribution in [-0.4, -0.2) is 18.9 Å². The Morgan fingerprint density at radius 2 is 1.90 bits per heavy atom. The predicted molar refractivity (Wildman–Crippen MR) is 73.3 cm³/mol. The van der Waals surface area contributed by atoms with E-state index in [4.69, 9.17) is 5.73 Å². The van der Waals surface area contributed by atoms with Crippen molar-refractivity contribution in [2.45, 2.75) is 44.9 Å². The van der Waals surface area contributed by atoms with Gasteiger partial charge in [-0.3, -0.25) is 4.79 Å². The molecule has 1 rings (SSSR count). The molecule has 2 unspecified atom stereocenters. The topological polar surface area (TPSA) is 52.3 Å². The van der Waals surface area contributed by atoms with E-state index in [0.717, 1.165) is 12.1 Å². The van der Waals surface area contributed by atoms with Crippen LogP contribution in [0.4, 0.5) is 13.2 Å².